The van der Waals surface area contributed by atoms with Crippen molar-refractivity contribution in [3.63, 3.8) is 0 Å². The molecule has 0 aromatic carbocycles. The third-order valence-electron chi connectivity index (χ3n) is 3.15. The van der Waals surface area contributed by atoms with Crippen LogP contribution in [0.3, 0.4) is 0 Å². The second kappa shape index (κ2) is 4.09. The fourth-order valence-electron chi connectivity index (χ4n) is 2.09. The highest BCUT2D eigenvalue weighted by Crippen LogP contribution is 2.26. The number of carboxylic acids is 1. The number of rotatable bonds is 3. The molecule has 3 unspecified atom stereocenters. The Kier molecular flexibility index (Phi) is 3.31. The van der Waals surface area contributed by atoms with Gasteiger partial charge >= 0.3 is 5.97 Å². The van der Waals surface area contributed by atoms with Crippen LogP contribution in [-0.2, 0) is 4.79 Å². The van der Waals surface area contributed by atoms with Gasteiger partial charge in [-0.05, 0) is 32.2 Å². The minimum Gasteiger partial charge on any atom is -0.480 e. The van der Waals surface area contributed by atoms with Crippen LogP contribution >= 0.6 is 0 Å². The summed E-state index contributed by atoms with van der Waals surface area (Å²) in [5, 5.41) is 9.06. The van der Waals surface area contributed by atoms with Gasteiger partial charge in [0.05, 0.1) is 0 Å². The lowest BCUT2D eigenvalue weighted by atomic mass is 10.0. The molecule has 1 aliphatic heterocycles. The molecule has 1 N–H and O–H groups in total. The second-order valence-corrected chi connectivity index (χ2v) is 4.04. The molecule has 1 aliphatic rings. The van der Waals surface area contributed by atoms with E-state index in [9.17, 15) is 4.79 Å². The van der Waals surface area contributed by atoms with Gasteiger partial charge in [0.1, 0.15) is 6.04 Å². The van der Waals surface area contributed by atoms with Crippen LogP contribution in [0.4, 0.5) is 0 Å². The highest BCUT2D eigenvalue weighted by Gasteiger charge is 2.38. The zero-order valence-electron chi connectivity index (χ0n) is 8.66. The van der Waals surface area contributed by atoms with Gasteiger partial charge in [-0.15, -0.1) is 0 Å². The van der Waals surface area contributed by atoms with Crippen LogP contribution in [-0.4, -0.2) is 34.6 Å². The molecule has 0 saturated carbocycles. The van der Waals surface area contributed by atoms with Crippen molar-refractivity contribution >= 4 is 5.97 Å². The molecule has 3 nitrogen and oxygen atoms in total. The van der Waals surface area contributed by atoms with Crippen molar-refractivity contribution in [2.45, 2.75) is 45.7 Å². The average molecular weight is 185 g/mol. The molecule has 0 aromatic heterocycles. The molecule has 0 spiro atoms. The first-order chi connectivity index (χ1) is 6.07. The third-order valence-corrected chi connectivity index (χ3v) is 3.15. The predicted molar refractivity (Wildman–Crippen MR) is 51.7 cm³/mol. The van der Waals surface area contributed by atoms with Crippen LogP contribution in [0.25, 0.3) is 0 Å². The fourth-order valence-corrected chi connectivity index (χ4v) is 2.09. The topological polar surface area (TPSA) is 40.5 Å². The lowest BCUT2D eigenvalue weighted by Crippen LogP contribution is -2.43. The molecule has 0 radical (unpaired) electrons. The van der Waals surface area contributed by atoms with Crippen LogP contribution in [0, 0.1) is 5.92 Å². The molecular weight excluding hydrogens is 166 g/mol. The van der Waals surface area contributed by atoms with E-state index in [2.05, 4.69) is 18.7 Å². The van der Waals surface area contributed by atoms with E-state index in [1.54, 1.807) is 0 Å². The van der Waals surface area contributed by atoms with E-state index >= 15 is 0 Å². The van der Waals surface area contributed by atoms with Gasteiger partial charge in [-0.3, -0.25) is 9.69 Å². The number of aliphatic carboxylic acids is 1. The molecule has 1 saturated heterocycles. The molecule has 0 aliphatic carbocycles. The lowest BCUT2D eigenvalue weighted by Gasteiger charge is -2.28. The summed E-state index contributed by atoms with van der Waals surface area (Å²) >= 11 is 0. The number of hydrogen-bond donors (Lipinski definition) is 1. The lowest BCUT2D eigenvalue weighted by molar-refractivity contribution is -0.144. The Hall–Kier alpha value is -0.570. The summed E-state index contributed by atoms with van der Waals surface area (Å²) in [7, 11) is 0. The molecule has 1 heterocycles. The molecule has 0 bridgehead atoms. The predicted octanol–water partition coefficient (Wildman–Crippen LogP) is 1.58. The number of likely N-dealkylation sites (tertiary alicyclic amines) is 1. The van der Waals surface area contributed by atoms with Crippen molar-refractivity contribution in [1.29, 1.82) is 0 Å². The first-order valence-corrected chi connectivity index (χ1v) is 5.06. The molecule has 1 rings (SSSR count). The number of nitrogens with zero attached hydrogens (tertiary/aromatic N) is 1. The SMILES string of the molecule is CCC(C)N1CCC(C)C1C(=O)O. The van der Waals surface area contributed by atoms with E-state index in [0.29, 0.717) is 12.0 Å². The van der Waals surface area contributed by atoms with Gasteiger partial charge in [0.15, 0.2) is 0 Å². The van der Waals surface area contributed by atoms with Crippen molar-refractivity contribution in [3.8, 4) is 0 Å². The van der Waals surface area contributed by atoms with E-state index < -0.39 is 5.97 Å². The van der Waals surface area contributed by atoms with Crippen molar-refractivity contribution in [1.82, 2.24) is 4.90 Å². The Morgan fingerprint density at radius 3 is 2.77 bits per heavy atom. The standard InChI is InChI=1S/C10H19NO2/c1-4-8(3)11-6-5-7(2)9(11)10(12)13/h7-9H,4-6H2,1-3H3,(H,12,13). The van der Waals surface area contributed by atoms with Crippen LogP contribution in [0.5, 0.6) is 0 Å². The molecule has 0 aromatic rings. The van der Waals surface area contributed by atoms with Gasteiger partial charge in [0.2, 0.25) is 0 Å². The van der Waals surface area contributed by atoms with Gasteiger partial charge in [-0.25, -0.2) is 0 Å². The smallest absolute Gasteiger partial charge is 0.321 e. The third kappa shape index (κ3) is 2.02. The Balaban J connectivity index is 2.69. The number of carboxylic acid groups (broad SMARTS) is 1. The van der Waals surface area contributed by atoms with Crippen molar-refractivity contribution in [2.75, 3.05) is 6.54 Å². The average Bonchev–Trinajstić information content (AvgIpc) is 2.45. The first kappa shape index (κ1) is 10.5. The van der Waals surface area contributed by atoms with Crippen molar-refractivity contribution < 1.29 is 9.90 Å². The van der Waals surface area contributed by atoms with Crippen LogP contribution < -0.4 is 0 Å². The van der Waals surface area contributed by atoms with Gasteiger partial charge in [0.25, 0.3) is 0 Å². The maximum atomic E-state index is 11.0. The van der Waals surface area contributed by atoms with Crippen LogP contribution in [0.15, 0.2) is 0 Å². The van der Waals surface area contributed by atoms with Crippen molar-refractivity contribution in [3.05, 3.63) is 0 Å². The summed E-state index contributed by atoms with van der Waals surface area (Å²) in [5.74, 6) is -0.364. The van der Waals surface area contributed by atoms with Crippen LogP contribution in [0.1, 0.15) is 33.6 Å². The number of carbonyl (C=O) groups is 1. The second-order valence-electron chi connectivity index (χ2n) is 4.04. The largest absolute Gasteiger partial charge is 0.480 e. The van der Waals surface area contributed by atoms with Gasteiger partial charge in [-0.1, -0.05) is 13.8 Å². The van der Waals surface area contributed by atoms with Gasteiger partial charge in [-0.2, -0.15) is 0 Å². The fraction of sp³-hybridized carbons (Fsp3) is 0.900. The zero-order chi connectivity index (χ0) is 10.0. The monoisotopic (exact) mass is 185 g/mol. The Bertz CT molecular complexity index is 193. The van der Waals surface area contributed by atoms with E-state index in [1.165, 1.54) is 0 Å². The molecule has 3 atom stereocenters. The summed E-state index contributed by atoms with van der Waals surface area (Å²) in [6.45, 7) is 7.18. The summed E-state index contributed by atoms with van der Waals surface area (Å²) in [5.41, 5.74) is 0. The Morgan fingerprint density at radius 1 is 1.69 bits per heavy atom. The molecule has 0 amide bonds. The highest BCUT2D eigenvalue weighted by molar-refractivity contribution is 5.74. The zero-order valence-corrected chi connectivity index (χ0v) is 8.66. The quantitative estimate of drug-likeness (QED) is 0.725. The normalized spacial score (nSPS) is 31.9. The summed E-state index contributed by atoms with van der Waals surface area (Å²) in [6.07, 6.45) is 2.04. The van der Waals surface area contributed by atoms with Gasteiger partial charge < -0.3 is 5.11 Å². The summed E-state index contributed by atoms with van der Waals surface area (Å²) in [6, 6.07) is 0.140. The maximum absolute atomic E-state index is 11.0. The summed E-state index contributed by atoms with van der Waals surface area (Å²) < 4.78 is 0. The van der Waals surface area contributed by atoms with E-state index in [1.807, 2.05) is 6.92 Å². The van der Waals surface area contributed by atoms with E-state index in [4.69, 9.17) is 5.11 Å². The molecule has 1 fully saturated rings. The Labute approximate surface area is 79.7 Å². The molecule has 76 valence electrons. The molecular formula is C10H19NO2. The highest BCUT2D eigenvalue weighted by atomic mass is 16.4. The minimum absolute atomic E-state index is 0.255. The maximum Gasteiger partial charge on any atom is 0.321 e. The molecule has 3 heteroatoms. The first-order valence-electron chi connectivity index (χ1n) is 5.06. The minimum atomic E-state index is -0.662. The van der Waals surface area contributed by atoms with Crippen molar-refractivity contribution in [2.24, 2.45) is 5.92 Å². The molecule has 13 heavy (non-hydrogen) atoms. The van der Waals surface area contributed by atoms with E-state index in [0.717, 1.165) is 19.4 Å². The van der Waals surface area contributed by atoms with Gasteiger partial charge in [0, 0.05) is 6.04 Å². The Morgan fingerprint density at radius 2 is 2.31 bits per heavy atom. The summed E-state index contributed by atoms with van der Waals surface area (Å²) in [4.78, 5) is 13.1. The number of hydrogen-bond acceptors (Lipinski definition) is 2. The van der Waals surface area contributed by atoms with Crippen LogP contribution in [0.2, 0.25) is 0 Å². The van der Waals surface area contributed by atoms with E-state index in [-0.39, 0.29) is 6.04 Å².